The SMILES string of the molecule is CC(C)[C@H](NC(=O)OCc1ccncc1)C(=O)Oc1ccc([N+](=O)[O-])cc1. The van der Waals surface area contributed by atoms with Crippen molar-refractivity contribution in [3.8, 4) is 5.75 Å². The zero-order chi connectivity index (χ0) is 19.8. The number of rotatable bonds is 7. The van der Waals surface area contributed by atoms with E-state index < -0.39 is 23.0 Å². The van der Waals surface area contributed by atoms with Crippen molar-refractivity contribution in [2.75, 3.05) is 0 Å². The van der Waals surface area contributed by atoms with Crippen LogP contribution in [0.4, 0.5) is 10.5 Å². The Hall–Kier alpha value is -3.49. The first kappa shape index (κ1) is 19.8. The summed E-state index contributed by atoms with van der Waals surface area (Å²) in [6.07, 6.45) is 2.40. The molecule has 0 fully saturated rings. The van der Waals surface area contributed by atoms with Gasteiger partial charge in [-0.05, 0) is 35.7 Å². The largest absolute Gasteiger partial charge is 0.445 e. The molecular weight excluding hydrogens is 354 g/mol. The molecule has 0 aliphatic carbocycles. The Morgan fingerprint density at radius 1 is 1.15 bits per heavy atom. The van der Waals surface area contributed by atoms with Crippen molar-refractivity contribution in [1.82, 2.24) is 10.3 Å². The number of carbonyl (C=O) groups is 2. The molecular formula is C18H19N3O6. The van der Waals surface area contributed by atoms with Crippen LogP contribution in [0.3, 0.4) is 0 Å². The Bertz CT molecular complexity index is 793. The van der Waals surface area contributed by atoms with Gasteiger partial charge in [0.2, 0.25) is 0 Å². The summed E-state index contributed by atoms with van der Waals surface area (Å²) in [5.41, 5.74) is 0.641. The van der Waals surface area contributed by atoms with E-state index >= 15 is 0 Å². The number of nitrogens with zero attached hydrogens (tertiary/aromatic N) is 2. The van der Waals surface area contributed by atoms with Crippen molar-refractivity contribution in [1.29, 1.82) is 0 Å². The fraction of sp³-hybridized carbons (Fsp3) is 0.278. The maximum Gasteiger partial charge on any atom is 0.408 e. The molecule has 9 nitrogen and oxygen atoms in total. The lowest BCUT2D eigenvalue weighted by Crippen LogP contribution is -2.46. The van der Waals surface area contributed by atoms with Crippen LogP contribution in [0.1, 0.15) is 19.4 Å². The second-order valence-corrected chi connectivity index (χ2v) is 5.97. The van der Waals surface area contributed by atoms with Crippen molar-refractivity contribution in [3.63, 3.8) is 0 Å². The number of hydrogen-bond acceptors (Lipinski definition) is 7. The van der Waals surface area contributed by atoms with Gasteiger partial charge in [0, 0.05) is 24.5 Å². The van der Waals surface area contributed by atoms with E-state index in [1.54, 1.807) is 38.4 Å². The van der Waals surface area contributed by atoms with Crippen molar-refractivity contribution in [3.05, 3.63) is 64.5 Å². The number of pyridine rings is 1. The van der Waals surface area contributed by atoms with Gasteiger partial charge in [0.25, 0.3) is 5.69 Å². The van der Waals surface area contributed by atoms with E-state index in [0.29, 0.717) is 0 Å². The summed E-state index contributed by atoms with van der Waals surface area (Å²) in [6.45, 7) is 3.52. The van der Waals surface area contributed by atoms with E-state index in [4.69, 9.17) is 9.47 Å². The normalized spacial score (nSPS) is 11.5. The zero-order valence-corrected chi connectivity index (χ0v) is 14.8. The number of alkyl carbamates (subject to hydrolysis) is 1. The van der Waals surface area contributed by atoms with Crippen LogP contribution in [0, 0.1) is 16.0 Å². The Kier molecular flexibility index (Phi) is 6.81. The lowest BCUT2D eigenvalue weighted by Gasteiger charge is -2.20. The van der Waals surface area contributed by atoms with E-state index in [-0.39, 0.29) is 24.0 Å². The first-order chi connectivity index (χ1) is 12.9. The van der Waals surface area contributed by atoms with Gasteiger partial charge in [0.15, 0.2) is 0 Å². The topological polar surface area (TPSA) is 121 Å². The number of carbonyl (C=O) groups excluding carboxylic acids is 2. The minimum Gasteiger partial charge on any atom is -0.445 e. The Balaban J connectivity index is 1.93. The van der Waals surface area contributed by atoms with Gasteiger partial charge in [-0.25, -0.2) is 9.59 Å². The molecule has 1 heterocycles. The van der Waals surface area contributed by atoms with Crippen LogP contribution in [0.2, 0.25) is 0 Å². The van der Waals surface area contributed by atoms with Gasteiger partial charge in [0.1, 0.15) is 18.4 Å². The molecule has 0 radical (unpaired) electrons. The van der Waals surface area contributed by atoms with Crippen LogP contribution in [0.15, 0.2) is 48.8 Å². The molecule has 0 saturated heterocycles. The quantitative estimate of drug-likeness (QED) is 0.343. The van der Waals surface area contributed by atoms with Crippen LogP contribution >= 0.6 is 0 Å². The summed E-state index contributed by atoms with van der Waals surface area (Å²) in [4.78, 5) is 38.3. The van der Waals surface area contributed by atoms with Crippen molar-refractivity contribution >= 4 is 17.7 Å². The third kappa shape index (κ3) is 6.07. The van der Waals surface area contributed by atoms with Gasteiger partial charge < -0.3 is 14.8 Å². The number of aromatic nitrogens is 1. The minimum absolute atomic E-state index is 0.0383. The highest BCUT2D eigenvalue weighted by atomic mass is 16.6. The molecule has 27 heavy (non-hydrogen) atoms. The summed E-state index contributed by atoms with van der Waals surface area (Å²) in [5.74, 6) is -0.813. The van der Waals surface area contributed by atoms with Crippen LogP contribution in [0.25, 0.3) is 0 Å². The predicted molar refractivity (Wildman–Crippen MR) is 94.9 cm³/mol. The first-order valence-electron chi connectivity index (χ1n) is 8.15. The van der Waals surface area contributed by atoms with Crippen molar-refractivity contribution < 1.29 is 24.0 Å². The number of hydrogen-bond donors (Lipinski definition) is 1. The molecule has 0 unspecified atom stereocenters. The van der Waals surface area contributed by atoms with Crippen LogP contribution < -0.4 is 10.1 Å². The molecule has 0 spiro atoms. The smallest absolute Gasteiger partial charge is 0.408 e. The van der Waals surface area contributed by atoms with Crippen LogP contribution in [0.5, 0.6) is 5.75 Å². The lowest BCUT2D eigenvalue weighted by atomic mass is 10.1. The highest BCUT2D eigenvalue weighted by Gasteiger charge is 2.27. The summed E-state index contributed by atoms with van der Waals surface area (Å²) in [5, 5.41) is 13.1. The minimum atomic E-state index is -0.940. The van der Waals surface area contributed by atoms with Gasteiger partial charge in [-0.15, -0.1) is 0 Å². The molecule has 2 aromatic rings. The Morgan fingerprint density at radius 2 is 1.78 bits per heavy atom. The summed E-state index contributed by atoms with van der Waals surface area (Å²) >= 11 is 0. The molecule has 1 amide bonds. The van der Waals surface area contributed by atoms with Gasteiger partial charge in [0.05, 0.1) is 4.92 Å². The molecule has 1 aromatic heterocycles. The van der Waals surface area contributed by atoms with Crippen molar-refractivity contribution in [2.24, 2.45) is 5.92 Å². The number of ether oxygens (including phenoxy) is 2. The molecule has 1 atom stereocenters. The standard InChI is InChI=1S/C18H19N3O6/c1-12(2)16(20-18(23)26-11-13-7-9-19-10-8-13)17(22)27-15-5-3-14(4-6-15)21(24)25/h3-10,12,16H,11H2,1-2H3,(H,20,23)/t16-/m0/s1. The molecule has 0 saturated carbocycles. The molecule has 0 aliphatic rings. The molecule has 9 heteroatoms. The highest BCUT2D eigenvalue weighted by molar-refractivity contribution is 5.83. The maximum absolute atomic E-state index is 12.3. The average molecular weight is 373 g/mol. The molecule has 2 rings (SSSR count). The maximum atomic E-state index is 12.3. The average Bonchev–Trinajstić information content (AvgIpc) is 2.65. The van der Waals surface area contributed by atoms with E-state index in [0.717, 1.165) is 5.56 Å². The monoisotopic (exact) mass is 373 g/mol. The summed E-state index contributed by atoms with van der Waals surface area (Å²) in [7, 11) is 0. The third-order valence-corrected chi connectivity index (χ3v) is 3.58. The second kappa shape index (κ2) is 9.27. The van der Waals surface area contributed by atoms with Crippen LogP contribution in [-0.2, 0) is 16.1 Å². The van der Waals surface area contributed by atoms with E-state index in [1.165, 1.54) is 24.3 Å². The van der Waals surface area contributed by atoms with Gasteiger partial charge >= 0.3 is 12.1 Å². The van der Waals surface area contributed by atoms with E-state index in [2.05, 4.69) is 10.3 Å². The first-order valence-corrected chi connectivity index (χ1v) is 8.15. The number of esters is 1. The van der Waals surface area contributed by atoms with Gasteiger partial charge in [-0.1, -0.05) is 13.8 Å². The third-order valence-electron chi connectivity index (χ3n) is 3.58. The summed E-state index contributed by atoms with van der Waals surface area (Å²) in [6, 6.07) is 7.55. The number of nitro groups is 1. The lowest BCUT2D eigenvalue weighted by molar-refractivity contribution is -0.384. The molecule has 1 aromatic carbocycles. The van der Waals surface area contributed by atoms with E-state index in [1.807, 2.05) is 0 Å². The number of benzene rings is 1. The van der Waals surface area contributed by atoms with Crippen LogP contribution in [-0.4, -0.2) is 28.0 Å². The second-order valence-electron chi connectivity index (χ2n) is 5.97. The Labute approximate surface area is 155 Å². The number of nitrogens with one attached hydrogen (secondary N) is 1. The molecule has 142 valence electrons. The van der Waals surface area contributed by atoms with Gasteiger partial charge in [-0.2, -0.15) is 0 Å². The summed E-state index contributed by atoms with van der Waals surface area (Å²) < 4.78 is 10.3. The molecule has 1 N–H and O–H groups in total. The van der Waals surface area contributed by atoms with Crippen molar-refractivity contribution in [2.45, 2.75) is 26.5 Å². The fourth-order valence-corrected chi connectivity index (χ4v) is 2.11. The van der Waals surface area contributed by atoms with E-state index in [9.17, 15) is 19.7 Å². The Morgan fingerprint density at radius 3 is 2.33 bits per heavy atom. The number of amides is 1. The zero-order valence-electron chi connectivity index (χ0n) is 14.8. The fourth-order valence-electron chi connectivity index (χ4n) is 2.11. The molecule has 0 bridgehead atoms. The van der Waals surface area contributed by atoms with Gasteiger partial charge in [-0.3, -0.25) is 15.1 Å². The molecule has 0 aliphatic heterocycles. The number of non-ortho nitro benzene ring substituents is 1. The predicted octanol–water partition coefficient (Wildman–Crippen LogP) is 2.85. The highest BCUT2D eigenvalue weighted by Crippen LogP contribution is 2.18. The number of nitro benzene ring substituents is 1.